The first-order chi connectivity index (χ1) is 9.22. The summed E-state index contributed by atoms with van der Waals surface area (Å²) in [4.78, 5) is 2.54. The number of anilines is 2. The fraction of sp³-hybridized carbons (Fsp3) is 0.647. The number of benzene rings is 1. The fourth-order valence-corrected chi connectivity index (χ4v) is 2.75. The third kappa shape index (κ3) is 3.65. The molecule has 1 aliphatic rings. The minimum Gasteiger partial charge on any atom is -0.381 e. The summed E-state index contributed by atoms with van der Waals surface area (Å²) in [6, 6.07) is 9.30. The Morgan fingerprint density at radius 3 is 2.47 bits per heavy atom. The molecule has 2 heteroatoms. The van der Waals surface area contributed by atoms with E-state index in [1.165, 1.54) is 50.1 Å². The van der Waals surface area contributed by atoms with Gasteiger partial charge in [-0.25, -0.2) is 0 Å². The van der Waals surface area contributed by atoms with Crippen LogP contribution in [0, 0.1) is 5.92 Å². The molecule has 2 atom stereocenters. The van der Waals surface area contributed by atoms with E-state index in [2.05, 4.69) is 55.3 Å². The van der Waals surface area contributed by atoms with E-state index in [-0.39, 0.29) is 0 Å². The van der Waals surface area contributed by atoms with Gasteiger partial charge in [0.15, 0.2) is 0 Å². The molecule has 106 valence electrons. The van der Waals surface area contributed by atoms with Gasteiger partial charge in [-0.3, -0.25) is 0 Å². The highest BCUT2D eigenvalue weighted by atomic mass is 15.1. The first-order valence-electron chi connectivity index (χ1n) is 7.83. The lowest BCUT2D eigenvalue weighted by Crippen LogP contribution is -2.31. The van der Waals surface area contributed by atoms with Gasteiger partial charge in [-0.15, -0.1) is 0 Å². The van der Waals surface area contributed by atoms with Gasteiger partial charge in [0.1, 0.15) is 0 Å². The summed E-state index contributed by atoms with van der Waals surface area (Å²) in [7, 11) is 0. The molecule has 1 aliphatic heterocycles. The molecule has 0 spiro atoms. The molecule has 1 N–H and O–H groups in total. The van der Waals surface area contributed by atoms with Gasteiger partial charge in [0.2, 0.25) is 0 Å². The van der Waals surface area contributed by atoms with Crippen LogP contribution in [0.5, 0.6) is 0 Å². The first-order valence-corrected chi connectivity index (χ1v) is 7.83. The number of hydrogen-bond donors (Lipinski definition) is 1. The van der Waals surface area contributed by atoms with Crippen LogP contribution in [0.1, 0.15) is 46.5 Å². The lowest BCUT2D eigenvalue weighted by atomic mass is 10.0. The minimum absolute atomic E-state index is 0.524. The number of nitrogens with zero attached hydrogens (tertiary/aromatic N) is 1. The van der Waals surface area contributed by atoms with Crippen molar-refractivity contribution >= 4 is 11.4 Å². The predicted molar refractivity (Wildman–Crippen MR) is 85.0 cm³/mol. The summed E-state index contributed by atoms with van der Waals surface area (Å²) in [5.74, 6) is 0.703. The number of rotatable bonds is 5. The van der Waals surface area contributed by atoms with E-state index in [0.717, 1.165) is 0 Å². The van der Waals surface area contributed by atoms with Crippen LogP contribution in [0.25, 0.3) is 0 Å². The Balaban J connectivity index is 2.11. The number of hydrogen-bond acceptors (Lipinski definition) is 2. The largest absolute Gasteiger partial charge is 0.381 e. The van der Waals surface area contributed by atoms with Crippen molar-refractivity contribution < 1.29 is 0 Å². The normalized spacial score (nSPS) is 19.0. The van der Waals surface area contributed by atoms with E-state index in [0.29, 0.717) is 12.0 Å². The van der Waals surface area contributed by atoms with Gasteiger partial charge in [-0.2, -0.15) is 0 Å². The smallest absolute Gasteiger partial charge is 0.0602 e. The van der Waals surface area contributed by atoms with Gasteiger partial charge in [-0.05, 0) is 44.2 Å². The number of para-hydroxylation sites is 2. The SMILES string of the molecule is CCC(C)C(C)Nc1ccccc1N1CCCCC1. The molecule has 1 saturated heterocycles. The Morgan fingerprint density at radius 1 is 1.11 bits per heavy atom. The van der Waals surface area contributed by atoms with Crippen LogP contribution in [-0.2, 0) is 0 Å². The lowest BCUT2D eigenvalue weighted by molar-refractivity contribution is 0.494. The Hall–Kier alpha value is -1.18. The van der Waals surface area contributed by atoms with Crippen LogP contribution in [0.4, 0.5) is 11.4 Å². The molecule has 0 bridgehead atoms. The molecule has 2 rings (SSSR count). The summed E-state index contributed by atoms with van der Waals surface area (Å²) in [6.07, 6.45) is 5.26. The zero-order valence-electron chi connectivity index (χ0n) is 12.7. The van der Waals surface area contributed by atoms with Crippen molar-refractivity contribution in [2.75, 3.05) is 23.3 Å². The minimum atomic E-state index is 0.524. The van der Waals surface area contributed by atoms with Crippen LogP contribution in [0.2, 0.25) is 0 Å². The summed E-state index contributed by atoms with van der Waals surface area (Å²) in [5.41, 5.74) is 2.69. The van der Waals surface area contributed by atoms with Crippen molar-refractivity contribution in [1.82, 2.24) is 0 Å². The molecular weight excluding hydrogens is 232 g/mol. The van der Waals surface area contributed by atoms with E-state index in [4.69, 9.17) is 0 Å². The highest BCUT2D eigenvalue weighted by molar-refractivity contribution is 5.70. The molecule has 1 heterocycles. The van der Waals surface area contributed by atoms with E-state index < -0.39 is 0 Å². The molecule has 1 aromatic rings. The van der Waals surface area contributed by atoms with Crippen molar-refractivity contribution in [3.8, 4) is 0 Å². The summed E-state index contributed by atoms with van der Waals surface area (Å²) < 4.78 is 0. The van der Waals surface area contributed by atoms with Crippen molar-refractivity contribution in [3.63, 3.8) is 0 Å². The molecule has 0 radical (unpaired) electrons. The second kappa shape index (κ2) is 6.83. The van der Waals surface area contributed by atoms with E-state index in [1.54, 1.807) is 0 Å². The predicted octanol–water partition coefficient (Wildman–Crippen LogP) is 4.52. The van der Waals surface area contributed by atoms with Gasteiger partial charge < -0.3 is 10.2 Å². The van der Waals surface area contributed by atoms with Crippen LogP contribution in [0.15, 0.2) is 24.3 Å². The second-order valence-corrected chi connectivity index (χ2v) is 5.88. The van der Waals surface area contributed by atoms with E-state index in [9.17, 15) is 0 Å². The van der Waals surface area contributed by atoms with Gasteiger partial charge >= 0.3 is 0 Å². The Labute approximate surface area is 118 Å². The van der Waals surface area contributed by atoms with Crippen LogP contribution >= 0.6 is 0 Å². The average molecular weight is 260 g/mol. The Bertz CT molecular complexity index is 383. The Morgan fingerprint density at radius 2 is 1.79 bits per heavy atom. The molecule has 0 saturated carbocycles. The van der Waals surface area contributed by atoms with Gasteiger partial charge in [0.25, 0.3) is 0 Å². The maximum Gasteiger partial charge on any atom is 0.0602 e. The maximum absolute atomic E-state index is 3.72. The maximum atomic E-state index is 3.72. The zero-order chi connectivity index (χ0) is 13.7. The molecule has 2 unspecified atom stereocenters. The number of piperidine rings is 1. The molecule has 0 aromatic heterocycles. The molecule has 0 amide bonds. The molecule has 1 aromatic carbocycles. The Kier molecular flexibility index (Phi) is 5.12. The fourth-order valence-electron chi connectivity index (χ4n) is 2.75. The molecular formula is C17H28N2. The van der Waals surface area contributed by atoms with Crippen molar-refractivity contribution in [2.45, 2.75) is 52.5 Å². The van der Waals surface area contributed by atoms with Crippen molar-refractivity contribution in [2.24, 2.45) is 5.92 Å². The third-order valence-corrected chi connectivity index (χ3v) is 4.48. The number of nitrogens with one attached hydrogen (secondary N) is 1. The molecule has 2 nitrogen and oxygen atoms in total. The molecule has 0 aliphatic carbocycles. The van der Waals surface area contributed by atoms with Crippen molar-refractivity contribution in [3.05, 3.63) is 24.3 Å². The first kappa shape index (κ1) is 14.2. The second-order valence-electron chi connectivity index (χ2n) is 5.88. The van der Waals surface area contributed by atoms with Gasteiger partial charge in [0, 0.05) is 19.1 Å². The standard InChI is InChI=1S/C17H28N2/c1-4-14(2)15(3)18-16-10-6-7-11-17(16)19-12-8-5-9-13-19/h6-7,10-11,14-15,18H,4-5,8-9,12-13H2,1-3H3. The summed E-state index contributed by atoms with van der Waals surface area (Å²) in [5, 5.41) is 3.72. The topological polar surface area (TPSA) is 15.3 Å². The third-order valence-electron chi connectivity index (χ3n) is 4.48. The monoisotopic (exact) mass is 260 g/mol. The van der Waals surface area contributed by atoms with E-state index >= 15 is 0 Å². The lowest BCUT2D eigenvalue weighted by Gasteiger charge is -2.32. The molecule has 19 heavy (non-hydrogen) atoms. The van der Waals surface area contributed by atoms with Gasteiger partial charge in [-0.1, -0.05) is 32.4 Å². The average Bonchev–Trinajstić information content (AvgIpc) is 2.47. The summed E-state index contributed by atoms with van der Waals surface area (Å²) in [6.45, 7) is 9.29. The van der Waals surface area contributed by atoms with Crippen LogP contribution < -0.4 is 10.2 Å². The van der Waals surface area contributed by atoms with Crippen LogP contribution in [0.3, 0.4) is 0 Å². The van der Waals surface area contributed by atoms with Crippen molar-refractivity contribution in [1.29, 1.82) is 0 Å². The molecule has 1 fully saturated rings. The highest BCUT2D eigenvalue weighted by Gasteiger charge is 2.16. The summed E-state index contributed by atoms with van der Waals surface area (Å²) >= 11 is 0. The van der Waals surface area contributed by atoms with Gasteiger partial charge in [0.05, 0.1) is 11.4 Å². The zero-order valence-corrected chi connectivity index (χ0v) is 12.7. The quantitative estimate of drug-likeness (QED) is 0.837. The van der Waals surface area contributed by atoms with Crippen LogP contribution in [-0.4, -0.2) is 19.1 Å². The van der Waals surface area contributed by atoms with E-state index in [1.807, 2.05) is 0 Å². The highest BCUT2D eigenvalue weighted by Crippen LogP contribution is 2.29.